The van der Waals surface area contributed by atoms with Gasteiger partial charge in [0, 0.05) is 18.3 Å². The first-order valence-electron chi connectivity index (χ1n) is 5.74. The number of hydrogen-bond acceptors (Lipinski definition) is 2. The highest BCUT2D eigenvalue weighted by Crippen LogP contribution is 2.29. The quantitative estimate of drug-likeness (QED) is 0.774. The van der Waals surface area contributed by atoms with Gasteiger partial charge in [0.05, 0.1) is 6.54 Å². The maximum absolute atomic E-state index is 5.36. The first kappa shape index (κ1) is 11.0. The van der Waals surface area contributed by atoms with Gasteiger partial charge in [-0.3, -0.25) is 0 Å². The third-order valence-corrected chi connectivity index (χ3v) is 3.31. The summed E-state index contributed by atoms with van der Waals surface area (Å²) < 4.78 is 0. The lowest BCUT2D eigenvalue weighted by atomic mass is 10.0. The molecule has 2 heteroatoms. The summed E-state index contributed by atoms with van der Waals surface area (Å²) in [6.07, 6.45) is 6.48. The average Bonchev–Trinajstić information content (AvgIpc) is 2.71. The molecule has 2 nitrogen and oxygen atoms in total. The highest BCUT2D eigenvalue weighted by atomic mass is 15.1. The molecule has 1 aliphatic heterocycles. The number of terminal acetylenes is 1. The van der Waals surface area contributed by atoms with Gasteiger partial charge in [0.25, 0.3) is 0 Å². The zero-order chi connectivity index (χ0) is 11.5. The van der Waals surface area contributed by atoms with Crippen molar-refractivity contribution in [2.75, 3.05) is 25.0 Å². The van der Waals surface area contributed by atoms with Crippen LogP contribution in [-0.2, 0) is 6.42 Å². The van der Waals surface area contributed by atoms with Crippen LogP contribution in [0.3, 0.4) is 0 Å². The molecule has 1 aromatic rings. The van der Waals surface area contributed by atoms with E-state index >= 15 is 0 Å². The molecule has 0 spiro atoms. The fourth-order valence-corrected chi connectivity index (χ4v) is 2.20. The van der Waals surface area contributed by atoms with E-state index in [2.05, 4.69) is 41.3 Å². The number of rotatable bonds is 3. The van der Waals surface area contributed by atoms with E-state index in [4.69, 9.17) is 6.42 Å². The van der Waals surface area contributed by atoms with Crippen molar-refractivity contribution in [3.05, 3.63) is 29.3 Å². The van der Waals surface area contributed by atoms with E-state index in [1.165, 1.54) is 16.8 Å². The number of benzene rings is 1. The van der Waals surface area contributed by atoms with Crippen LogP contribution in [-0.4, -0.2) is 20.1 Å². The summed E-state index contributed by atoms with van der Waals surface area (Å²) in [7, 11) is 1.99. The van der Waals surface area contributed by atoms with Gasteiger partial charge in [-0.25, -0.2) is 0 Å². The van der Waals surface area contributed by atoms with Crippen molar-refractivity contribution in [1.82, 2.24) is 5.32 Å². The molecule has 0 aliphatic carbocycles. The van der Waals surface area contributed by atoms with Crippen LogP contribution >= 0.6 is 0 Å². The van der Waals surface area contributed by atoms with E-state index in [0.29, 0.717) is 12.6 Å². The normalized spacial score (nSPS) is 15.7. The van der Waals surface area contributed by atoms with Crippen LogP contribution in [0.2, 0.25) is 0 Å². The molecule has 0 fully saturated rings. The molecule has 0 radical (unpaired) electrons. The van der Waals surface area contributed by atoms with E-state index in [1.54, 1.807) is 0 Å². The molecule has 0 saturated carbocycles. The van der Waals surface area contributed by atoms with Crippen LogP contribution in [0.15, 0.2) is 18.2 Å². The molecule has 1 aliphatic rings. The van der Waals surface area contributed by atoms with Gasteiger partial charge in [0.2, 0.25) is 0 Å². The van der Waals surface area contributed by atoms with Crippen molar-refractivity contribution in [3.63, 3.8) is 0 Å². The number of nitrogens with zero attached hydrogens (tertiary/aromatic N) is 1. The van der Waals surface area contributed by atoms with Crippen molar-refractivity contribution < 1.29 is 0 Å². The Labute approximate surface area is 97.7 Å². The van der Waals surface area contributed by atoms with Crippen LogP contribution < -0.4 is 10.2 Å². The molecule has 0 aromatic heterocycles. The summed E-state index contributed by atoms with van der Waals surface area (Å²) in [6.45, 7) is 3.95. The van der Waals surface area contributed by atoms with Crippen LogP contribution in [0.5, 0.6) is 0 Å². The molecule has 1 atom stereocenters. The third-order valence-electron chi connectivity index (χ3n) is 3.31. The topological polar surface area (TPSA) is 15.3 Å². The van der Waals surface area contributed by atoms with E-state index in [1.807, 2.05) is 7.05 Å². The molecule has 0 amide bonds. The summed E-state index contributed by atoms with van der Waals surface area (Å²) in [6, 6.07) is 7.09. The smallest absolute Gasteiger partial charge is 0.0791 e. The van der Waals surface area contributed by atoms with Gasteiger partial charge < -0.3 is 10.2 Å². The second-order valence-corrected chi connectivity index (χ2v) is 4.27. The molecule has 16 heavy (non-hydrogen) atoms. The molecule has 1 aromatic carbocycles. The maximum atomic E-state index is 5.36. The molecule has 1 heterocycles. The Morgan fingerprint density at radius 1 is 1.56 bits per heavy atom. The summed E-state index contributed by atoms with van der Waals surface area (Å²) >= 11 is 0. The minimum atomic E-state index is 0.409. The predicted octanol–water partition coefficient (Wildman–Crippen LogP) is 1.96. The van der Waals surface area contributed by atoms with Crippen molar-refractivity contribution in [2.24, 2.45) is 0 Å². The fraction of sp³-hybridized carbons (Fsp3) is 0.429. The van der Waals surface area contributed by atoms with Gasteiger partial charge >= 0.3 is 0 Å². The van der Waals surface area contributed by atoms with Gasteiger partial charge in [-0.1, -0.05) is 18.1 Å². The molecule has 1 N–H and O–H groups in total. The Balaban J connectivity index is 2.26. The van der Waals surface area contributed by atoms with E-state index in [0.717, 1.165) is 13.0 Å². The molecular weight excluding hydrogens is 196 g/mol. The summed E-state index contributed by atoms with van der Waals surface area (Å²) in [5.74, 6) is 2.71. The number of anilines is 1. The largest absolute Gasteiger partial charge is 0.360 e. The van der Waals surface area contributed by atoms with Crippen molar-refractivity contribution in [2.45, 2.75) is 19.4 Å². The van der Waals surface area contributed by atoms with Crippen molar-refractivity contribution in [1.29, 1.82) is 0 Å². The average molecular weight is 214 g/mol. The lowest BCUT2D eigenvalue weighted by Crippen LogP contribution is -2.20. The van der Waals surface area contributed by atoms with Gasteiger partial charge in [-0.15, -0.1) is 6.42 Å². The molecule has 2 rings (SSSR count). The zero-order valence-electron chi connectivity index (χ0n) is 9.96. The highest BCUT2D eigenvalue weighted by Gasteiger charge is 2.18. The van der Waals surface area contributed by atoms with Crippen LogP contribution in [0.25, 0.3) is 0 Å². The van der Waals surface area contributed by atoms with Crippen LogP contribution in [0.1, 0.15) is 24.1 Å². The number of nitrogens with one attached hydrogen (secondary N) is 1. The van der Waals surface area contributed by atoms with E-state index in [9.17, 15) is 0 Å². The Morgan fingerprint density at radius 2 is 2.38 bits per heavy atom. The summed E-state index contributed by atoms with van der Waals surface area (Å²) in [5.41, 5.74) is 4.09. The minimum absolute atomic E-state index is 0.409. The molecule has 0 bridgehead atoms. The lowest BCUT2D eigenvalue weighted by molar-refractivity contribution is 0.652. The molecule has 1 unspecified atom stereocenters. The van der Waals surface area contributed by atoms with Crippen molar-refractivity contribution in [3.8, 4) is 12.3 Å². The van der Waals surface area contributed by atoms with Crippen LogP contribution in [0, 0.1) is 12.3 Å². The van der Waals surface area contributed by atoms with Crippen molar-refractivity contribution >= 4 is 5.69 Å². The first-order valence-corrected chi connectivity index (χ1v) is 5.74. The monoisotopic (exact) mass is 214 g/mol. The first-order chi connectivity index (χ1) is 7.76. The van der Waals surface area contributed by atoms with E-state index in [-0.39, 0.29) is 0 Å². The van der Waals surface area contributed by atoms with Gasteiger partial charge in [0.15, 0.2) is 0 Å². The Hall–Kier alpha value is -1.46. The summed E-state index contributed by atoms with van der Waals surface area (Å²) in [4.78, 5) is 2.27. The number of fused-ring (bicyclic) bond motifs is 1. The van der Waals surface area contributed by atoms with Gasteiger partial charge in [0.1, 0.15) is 0 Å². The number of hydrogen-bond donors (Lipinski definition) is 1. The Kier molecular flexibility index (Phi) is 3.17. The fourth-order valence-electron chi connectivity index (χ4n) is 2.20. The summed E-state index contributed by atoms with van der Waals surface area (Å²) in [5, 5.41) is 3.26. The molecular formula is C14H18N2. The predicted molar refractivity (Wildman–Crippen MR) is 68.7 cm³/mol. The van der Waals surface area contributed by atoms with Gasteiger partial charge in [-0.2, -0.15) is 0 Å². The Bertz CT molecular complexity index is 417. The van der Waals surface area contributed by atoms with Crippen LogP contribution in [0.4, 0.5) is 5.69 Å². The minimum Gasteiger partial charge on any atom is -0.360 e. The van der Waals surface area contributed by atoms with Gasteiger partial charge in [-0.05, 0) is 37.6 Å². The highest BCUT2D eigenvalue weighted by molar-refractivity contribution is 5.60. The second-order valence-electron chi connectivity index (χ2n) is 4.27. The molecule has 84 valence electrons. The standard InChI is InChI=1S/C14H18N2/c1-4-8-16-9-7-13-10-12(11(2)15-3)5-6-14(13)16/h1,5-6,10-11,15H,7-9H2,2-3H3. The van der Waals surface area contributed by atoms with E-state index < -0.39 is 0 Å². The maximum Gasteiger partial charge on any atom is 0.0791 e. The molecule has 0 saturated heterocycles. The second kappa shape index (κ2) is 4.59. The zero-order valence-corrected chi connectivity index (χ0v) is 9.96. The lowest BCUT2D eigenvalue weighted by Gasteiger charge is -2.17. The SMILES string of the molecule is C#CCN1CCc2cc(C(C)NC)ccc21. The third kappa shape index (κ3) is 1.91. The Morgan fingerprint density at radius 3 is 3.06 bits per heavy atom.